The lowest BCUT2D eigenvalue weighted by Crippen LogP contribution is -2.18. The van der Waals surface area contributed by atoms with Gasteiger partial charge in [-0.1, -0.05) is 111 Å². The van der Waals surface area contributed by atoms with Crippen molar-refractivity contribution < 1.29 is 4.42 Å². The molecule has 4 nitrogen and oxygen atoms in total. The molecule has 0 saturated heterocycles. The minimum Gasteiger partial charge on any atom is -0.456 e. The summed E-state index contributed by atoms with van der Waals surface area (Å²) < 4.78 is 8.61. The van der Waals surface area contributed by atoms with Gasteiger partial charge in [-0.05, 0) is 46.7 Å². The van der Waals surface area contributed by atoms with Crippen molar-refractivity contribution in [2.24, 2.45) is 0 Å². The van der Waals surface area contributed by atoms with Gasteiger partial charge in [-0.25, -0.2) is 9.97 Å². The summed E-state index contributed by atoms with van der Waals surface area (Å²) in [5.41, 5.74) is 10.2. The topological polar surface area (TPSA) is 43.9 Å². The molecule has 4 heteroatoms. The van der Waals surface area contributed by atoms with E-state index in [1.165, 1.54) is 27.1 Å². The lowest BCUT2D eigenvalue weighted by Gasteiger charge is -2.24. The predicted octanol–water partition coefficient (Wildman–Crippen LogP) is 10.6. The molecule has 1 aliphatic carbocycles. The van der Waals surface area contributed by atoms with Crippen molar-refractivity contribution >= 4 is 54.5 Å². The van der Waals surface area contributed by atoms with Crippen molar-refractivity contribution in [3.63, 3.8) is 0 Å². The van der Waals surface area contributed by atoms with Gasteiger partial charge >= 0.3 is 0 Å². The summed E-state index contributed by atoms with van der Waals surface area (Å²) in [7, 11) is 0. The van der Waals surface area contributed by atoms with E-state index in [2.05, 4.69) is 134 Å². The Morgan fingerprint density at radius 1 is 0.556 bits per heavy atom. The molecule has 0 saturated carbocycles. The zero-order valence-electron chi connectivity index (χ0n) is 24.9. The van der Waals surface area contributed by atoms with Gasteiger partial charge in [0.05, 0.1) is 22.4 Å². The molecule has 0 aliphatic heterocycles. The zero-order chi connectivity index (χ0) is 29.9. The second kappa shape index (κ2) is 8.67. The molecular weight excluding hydrogens is 550 g/mol. The van der Waals surface area contributed by atoms with Crippen LogP contribution in [0.3, 0.4) is 0 Å². The maximum Gasteiger partial charge on any atom is 0.235 e. The molecular formula is C41H27N3O. The number of hydrogen-bond acceptors (Lipinski definition) is 3. The van der Waals surface area contributed by atoms with Crippen LogP contribution in [0, 0.1) is 0 Å². The molecule has 3 aromatic heterocycles. The highest BCUT2D eigenvalue weighted by atomic mass is 16.3. The van der Waals surface area contributed by atoms with E-state index in [4.69, 9.17) is 14.4 Å². The molecule has 0 atom stereocenters. The summed E-state index contributed by atoms with van der Waals surface area (Å²) in [6, 6.07) is 45.0. The van der Waals surface area contributed by atoms with Crippen LogP contribution >= 0.6 is 0 Å². The highest BCUT2D eigenvalue weighted by Crippen LogP contribution is 2.52. The molecule has 6 aromatic carbocycles. The van der Waals surface area contributed by atoms with Gasteiger partial charge in [0, 0.05) is 43.7 Å². The Labute approximate surface area is 259 Å². The fourth-order valence-corrected chi connectivity index (χ4v) is 7.74. The van der Waals surface area contributed by atoms with Crippen LogP contribution in [-0.4, -0.2) is 14.5 Å². The quantitative estimate of drug-likeness (QED) is 0.205. The largest absolute Gasteiger partial charge is 0.456 e. The van der Waals surface area contributed by atoms with Crippen molar-refractivity contribution in [3.8, 4) is 28.5 Å². The Morgan fingerprint density at radius 2 is 1.20 bits per heavy atom. The monoisotopic (exact) mass is 577 g/mol. The number of hydrogen-bond donors (Lipinski definition) is 0. The van der Waals surface area contributed by atoms with E-state index in [0.717, 1.165) is 61.1 Å². The van der Waals surface area contributed by atoms with Gasteiger partial charge in [0.25, 0.3) is 0 Å². The van der Waals surface area contributed by atoms with Gasteiger partial charge in [0.15, 0.2) is 0 Å². The van der Waals surface area contributed by atoms with E-state index in [1.54, 1.807) is 0 Å². The predicted molar refractivity (Wildman–Crippen MR) is 184 cm³/mol. The third kappa shape index (κ3) is 3.26. The molecule has 0 amide bonds. The lowest BCUT2D eigenvalue weighted by molar-refractivity contribution is 0.656. The van der Waals surface area contributed by atoms with Crippen LogP contribution in [0.2, 0.25) is 0 Å². The summed E-state index contributed by atoms with van der Waals surface area (Å²) >= 11 is 0. The number of nitrogens with zero attached hydrogens (tertiary/aromatic N) is 3. The van der Waals surface area contributed by atoms with Crippen LogP contribution in [0.1, 0.15) is 25.0 Å². The molecule has 0 bridgehead atoms. The van der Waals surface area contributed by atoms with E-state index >= 15 is 0 Å². The first kappa shape index (κ1) is 24.7. The van der Waals surface area contributed by atoms with Crippen LogP contribution in [0.5, 0.6) is 0 Å². The maximum absolute atomic E-state index is 6.36. The Morgan fingerprint density at radius 3 is 2.07 bits per heavy atom. The second-order valence-corrected chi connectivity index (χ2v) is 12.6. The van der Waals surface area contributed by atoms with Crippen molar-refractivity contribution in [2.45, 2.75) is 19.3 Å². The first-order chi connectivity index (χ1) is 22.1. The minimum absolute atomic E-state index is 0.293. The standard InChI is InChI=1S/C41H27N3O/c1-41(2)31-18-8-5-15-27(31)38-37(41)39(29-17-11-21-35-36(29)28-16-7-10-20-34(28)45-35)43-40(42-38)44-32-19-9-6-14-26(32)30-22-24-12-3-4-13-25(24)23-33(30)44/h3-23H,1-2H3. The highest BCUT2D eigenvalue weighted by Gasteiger charge is 2.40. The molecule has 0 fully saturated rings. The smallest absolute Gasteiger partial charge is 0.235 e. The Bertz CT molecular complexity index is 2690. The number of rotatable bonds is 2. The average molecular weight is 578 g/mol. The van der Waals surface area contributed by atoms with Crippen molar-refractivity contribution in [1.29, 1.82) is 0 Å². The summed E-state index contributed by atoms with van der Waals surface area (Å²) in [5, 5.41) is 6.97. The number of para-hydroxylation sites is 2. The minimum atomic E-state index is -0.293. The highest BCUT2D eigenvalue weighted by molar-refractivity contribution is 6.14. The van der Waals surface area contributed by atoms with Crippen molar-refractivity contribution in [2.75, 3.05) is 0 Å². The van der Waals surface area contributed by atoms with Crippen molar-refractivity contribution in [3.05, 3.63) is 139 Å². The van der Waals surface area contributed by atoms with Crippen LogP contribution in [0.4, 0.5) is 0 Å². The molecule has 212 valence electrons. The summed E-state index contributed by atoms with van der Waals surface area (Å²) in [6.07, 6.45) is 0. The van der Waals surface area contributed by atoms with Crippen LogP contribution in [0.15, 0.2) is 132 Å². The first-order valence-corrected chi connectivity index (χ1v) is 15.4. The van der Waals surface area contributed by atoms with Gasteiger partial charge in [-0.3, -0.25) is 4.57 Å². The van der Waals surface area contributed by atoms with E-state index in [0.29, 0.717) is 5.95 Å². The van der Waals surface area contributed by atoms with Crippen molar-refractivity contribution in [1.82, 2.24) is 14.5 Å². The number of furan rings is 1. The van der Waals surface area contributed by atoms with E-state index < -0.39 is 0 Å². The molecule has 45 heavy (non-hydrogen) atoms. The summed E-state index contributed by atoms with van der Waals surface area (Å²) in [5.74, 6) is 0.669. The third-order valence-corrected chi connectivity index (χ3v) is 9.78. The zero-order valence-corrected chi connectivity index (χ0v) is 24.9. The fourth-order valence-electron chi connectivity index (χ4n) is 7.74. The van der Waals surface area contributed by atoms with E-state index in [1.807, 2.05) is 12.1 Å². The normalized spacial score (nSPS) is 13.7. The molecule has 10 rings (SSSR count). The van der Waals surface area contributed by atoms with Crippen LogP contribution in [0.25, 0.3) is 83.0 Å². The molecule has 0 radical (unpaired) electrons. The summed E-state index contributed by atoms with van der Waals surface area (Å²) in [4.78, 5) is 11.0. The summed E-state index contributed by atoms with van der Waals surface area (Å²) in [6.45, 7) is 4.59. The fraction of sp³-hybridized carbons (Fsp3) is 0.0732. The SMILES string of the molecule is CC1(C)c2ccccc2-c2nc(-n3c4ccccc4c4cc5ccccc5cc43)nc(-c3cccc4oc5ccccc5c34)c21. The Kier molecular flexibility index (Phi) is 4.76. The number of fused-ring (bicyclic) bond motifs is 10. The number of aromatic nitrogens is 3. The third-order valence-electron chi connectivity index (χ3n) is 9.78. The maximum atomic E-state index is 6.36. The molecule has 1 aliphatic rings. The first-order valence-electron chi connectivity index (χ1n) is 15.4. The Balaban J connectivity index is 1.38. The lowest BCUT2D eigenvalue weighted by atomic mass is 9.80. The van der Waals surface area contributed by atoms with Crippen LogP contribution < -0.4 is 0 Å². The molecule has 9 aromatic rings. The average Bonchev–Trinajstić information content (AvgIpc) is 3.69. The Hall–Kier alpha value is -5.74. The van der Waals surface area contributed by atoms with Gasteiger partial charge < -0.3 is 4.42 Å². The van der Waals surface area contributed by atoms with Gasteiger partial charge in [0.2, 0.25) is 5.95 Å². The molecule has 0 N–H and O–H groups in total. The number of benzene rings is 6. The molecule has 0 spiro atoms. The van der Waals surface area contributed by atoms with Gasteiger partial charge in [-0.15, -0.1) is 0 Å². The second-order valence-electron chi connectivity index (χ2n) is 12.6. The molecule has 0 unspecified atom stereocenters. The van der Waals surface area contributed by atoms with E-state index in [9.17, 15) is 0 Å². The molecule has 3 heterocycles. The van der Waals surface area contributed by atoms with Gasteiger partial charge in [0.1, 0.15) is 11.2 Å². The van der Waals surface area contributed by atoms with E-state index in [-0.39, 0.29) is 5.41 Å². The van der Waals surface area contributed by atoms with Gasteiger partial charge in [-0.2, -0.15) is 0 Å². The van der Waals surface area contributed by atoms with Crippen LogP contribution in [-0.2, 0) is 5.41 Å².